The summed E-state index contributed by atoms with van der Waals surface area (Å²) in [6.07, 6.45) is 3.72. The van der Waals surface area contributed by atoms with Gasteiger partial charge in [0.05, 0.1) is 0 Å². The molecule has 0 aliphatic rings. The van der Waals surface area contributed by atoms with Gasteiger partial charge < -0.3 is 0 Å². The van der Waals surface area contributed by atoms with Gasteiger partial charge >= 0.3 is 0 Å². The molecule has 2 aromatic rings. The van der Waals surface area contributed by atoms with Crippen molar-refractivity contribution in [2.24, 2.45) is 0 Å². The van der Waals surface area contributed by atoms with Crippen LogP contribution in [-0.2, 0) is 22.3 Å². The highest BCUT2D eigenvalue weighted by Gasteiger charge is 2.21. The quantitative estimate of drug-likeness (QED) is 0.763. The summed E-state index contributed by atoms with van der Waals surface area (Å²) in [7, 11) is -2.05. The molecule has 0 spiro atoms. The highest BCUT2D eigenvalue weighted by Crippen LogP contribution is 2.13. The minimum Gasteiger partial charge on any atom is -0.261 e. The third-order valence-electron chi connectivity index (χ3n) is 3.04. The van der Waals surface area contributed by atoms with E-state index in [1.165, 1.54) is 23.6 Å². The summed E-state index contributed by atoms with van der Waals surface area (Å²) < 4.78 is 26.0. The fourth-order valence-corrected chi connectivity index (χ4v) is 2.98. The lowest BCUT2D eigenvalue weighted by molar-refractivity contribution is 0.468. The number of sulfonamides is 1. The Labute approximate surface area is 129 Å². The van der Waals surface area contributed by atoms with Gasteiger partial charge in [0.15, 0.2) is 5.03 Å². The second kappa shape index (κ2) is 6.98. The highest BCUT2D eigenvalue weighted by molar-refractivity contribution is 7.89. The fraction of sp³-hybridized carbons (Fsp3) is 0.286. The van der Waals surface area contributed by atoms with Crippen LogP contribution < -0.4 is 0 Å². The topological polar surface area (TPSA) is 63.2 Å². The van der Waals surface area contributed by atoms with Crippen LogP contribution in [0.3, 0.4) is 0 Å². The lowest BCUT2D eigenvalue weighted by Gasteiger charge is -2.16. The molecular weight excluding hydrogens is 310 g/mol. The Morgan fingerprint density at radius 2 is 2.00 bits per heavy atom. The number of nitrogens with zero attached hydrogens (tertiary/aromatic N) is 3. The van der Waals surface area contributed by atoms with E-state index in [9.17, 15) is 8.42 Å². The summed E-state index contributed by atoms with van der Waals surface area (Å²) in [6, 6.07) is 8.72. The number of pyridine rings is 2. The largest absolute Gasteiger partial charge is 0.261 e. The normalized spacial score (nSPS) is 11.8. The Hall–Kier alpha value is -1.50. The predicted molar refractivity (Wildman–Crippen MR) is 81.6 cm³/mol. The molecule has 0 N–H and O–H groups in total. The molecule has 0 unspecified atom stereocenters. The predicted octanol–water partition coefficient (Wildman–Crippen LogP) is 2.08. The third kappa shape index (κ3) is 4.00. The number of hydrogen-bond donors (Lipinski definition) is 0. The van der Waals surface area contributed by atoms with Gasteiger partial charge in [0.1, 0.15) is 0 Å². The molecule has 2 aromatic heterocycles. The standard InChI is InChI=1S/C14H16ClN3O2S/c1-18(9-7-13-4-2-3-8-16-13)21(19,20)14-6-5-12(10-15)11-17-14/h2-6,8,11H,7,9-10H2,1H3. The zero-order valence-electron chi connectivity index (χ0n) is 11.6. The molecule has 0 bridgehead atoms. The monoisotopic (exact) mass is 325 g/mol. The van der Waals surface area contributed by atoms with Crippen molar-refractivity contribution in [2.45, 2.75) is 17.3 Å². The van der Waals surface area contributed by atoms with Gasteiger partial charge in [-0.1, -0.05) is 12.1 Å². The van der Waals surface area contributed by atoms with Gasteiger partial charge in [-0.05, 0) is 23.8 Å². The van der Waals surface area contributed by atoms with Crippen molar-refractivity contribution in [1.82, 2.24) is 14.3 Å². The van der Waals surface area contributed by atoms with Crippen molar-refractivity contribution in [3.05, 3.63) is 54.0 Å². The molecule has 0 saturated carbocycles. The summed E-state index contributed by atoms with van der Waals surface area (Å²) in [5.74, 6) is 0.308. The summed E-state index contributed by atoms with van der Waals surface area (Å²) >= 11 is 5.67. The SMILES string of the molecule is CN(CCc1ccccn1)S(=O)(=O)c1ccc(CCl)cn1. The van der Waals surface area contributed by atoms with E-state index in [1.807, 2.05) is 18.2 Å². The Kier molecular flexibility index (Phi) is 5.27. The zero-order chi connectivity index (χ0) is 15.3. The molecule has 2 rings (SSSR count). The third-order valence-corrected chi connectivity index (χ3v) is 5.12. The van der Waals surface area contributed by atoms with E-state index in [4.69, 9.17) is 11.6 Å². The Morgan fingerprint density at radius 1 is 1.19 bits per heavy atom. The van der Waals surface area contributed by atoms with Crippen LogP contribution in [0.1, 0.15) is 11.3 Å². The van der Waals surface area contributed by atoms with E-state index >= 15 is 0 Å². The van der Waals surface area contributed by atoms with Crippen LogP contribution in [0.5, 0.6) is 0 Å². The minimum atomic E-state index is -3.58. The number of rotatable bonds is 6. The first kappa shape index (κ1) is 15.9. The van der Waals surface area contributed by atoms with Gasteiger partial charge in [-0.3, -0.25) is 4.98 Å². The number of hydrogen-bond acceptors (Lipinski definition) is 4. The van der Waals surface area contributed by atoms with Crippen molar-refractivity contribution >= 4 is 21.6 Å². The average Bonchev–Trinajstić information content (AvgIpc) is 2.53. The average molecular weight is 326 g/mol. The van der Waals surface area contributed by atoms with E-state index in [2.05, 4.69) is 9.97 Å². The minimum absolute atomic E-state index is 0.0277. The van der Waals surface area contributed by atoms with Crippen LogP contribution in [0.25, 0.3) is 0 Å². The van der Waals surface area contributed by atoms with Crippen LogP contribution in [0.2, 0.25) is 0 Å². The first-order valence-electron chi connectivity index (χ1n) is 6.41. The molecule has 0 saturated heterocycles. The smallest absolute Gasteiger partial charge is 0.260 e. The second-order valence-corrected chi connectivity index (χ2v) is 6.79. The molecule has 112 valence electrons. The van der Waals surface area contributed by atoms with E-state index < -0.39 is 10.0 Å². The molecule has 21 heavy (non-hydrogen) atoms. The molecule has 5 nitrogen and oxygen atoms in total. The molecular formula is C14H16ClN3O2S. The highest BCUT2D eigenvalue weighted by atomic mass is 35.5. The van der Waals surface area contributed by atoms with Crippen LogP contribution >= 0.6 is 11.6 Å². The van der Waals surface area contributed by atoms with Crippen LogP contribution in [0.15, 0.2) is 47.8 Å². The van der Waals surface area contributed by atoms with Crippen molar-refractivity contribution in [2.75, 3.05) is 13.6 Å². The number of alkyl halides is 1. The number of likely N-dealkylation sites (N-methyl/N-ethyl adjacent to an activating group) is 1. The summed E-state index contributed by atoms with van der Waals surface area (Å²) in [6.45, 7) is 0.346. The molecule has 0 radical (unpaired) electrons. The van der Waals surface area contributed by atoms with Gasteiger partial charge in [-0.15, -0.1) is 11.6 Å². The molecule has 0 aromatic carbocycles. The van der Waals surface area contributed by atoms with Crippen LogP contribution in [-0.4, -0.2) is 36.3 Å². The fourth-order valence-electron chi connectivity index (χ4n) is 1.74. The summed E-state index contributed by atoms with van der Waals surface area (Å²) in [4.78, 5) is 8.14. The lowest BCUT2D eigenvalue weighted by atomic mass is 10.3. The van der Waals surface area contributed by atoms with Crippen LogP contribution in [0.4, 0.5) is 0 Å². The summed E-state index contributed by atoms with van der Waals surface area (Å²) in [5.41, 5.74) is 1.64. The maximum Gasteiger partial charge on any atom is 0.260 e. The molecule has 0 aliphatic heterocycles. The van der Waals surface area contributed by atoms with Gasteiger partial charge in [0, 0.05) is 44.0 Å². The molecule has 0 aliphatic carbocycles. The molecule has 0 fully saturated rings. The second-order valence-electron chi connectivity index (χ2n) is 4.54. The first-order valence-corrected chi connectivity index (χ1v) is 8.38. The number of halogens is 1. The van der Waals surface area contributed by atoms with E-state index in [0.717, 1.165) is 11.3 Å². The van der Waals surface area contributed by atoms with Gasteiger partial charge in [0.25, 0.3) is 10.0 Å². The van der Waals surface area contributed by atoms with Crippen LogP contribution in [0, 0.1) is 0 Å². The first-order chi connectivity index (χ1) is 10.0. The van der Waals surface area contributed by atoms with E-state index in [1.54, 1.807) is 12.3 Å². The maximum atomic E-state index is 12.4. The van der Waals surface area contributed by atoms with E-state index in [-0.39, 0.29) is 5.03 Å². The van der Waals surface area contributed by atoms with Gasteiger partial charge in [-0.2, -0.15) is 4.31 Å². The lowest BCUT2D eigenvalue weighted by Crippen LogP contribution is -2.29. The maximum absolute atomic E-state index is 12.4. The number of aromatic nitrogens is 2. The molecule has 7 heteroatoms. The van der Waals surface area contributed by atoms with Crippen molar-refractivity contribution < 1.29 is 8.42 Å². The van der Waals surface area contributed by atoms with Gasteiger partial charge in [-0.25, -0.2) is 13.4 Å². The van der Waals surface area contributed by atoms with E-state index in [0.29, 0.717) is 18.8 Å². The van der Waals surface area contributed by atoms with Crippen molar-refractivity contribution in [3.8, 4) is 0 Å². The molecule has 0 atom stereocenters. The van der Waals surface area contributed by atoms with Crippen molar-refractivity contribution in [3.63, 3.8) is 0 Å². The van der Waals surface area contributed by atoms with Crippen molar-refractivity contribution in [1.29, 1.82) is 0 Å². The Morgan fingerprint density at radius 3 is 2.57 bits per heavy atom. The Bertz CT molecular complexity index is 675. The molecule has 0 amide bonds. The zero-order valence-corrected chi connectivity index (χ0v) is 13.2. The Balaban J connectivity index is 2.07. The van der Waals surface area contributed by atoms with Gasteiger partial charge in [0.2, 0.25) is 0 Å². The molecule has 2 heterocycles. The summed E-state index contributed by atoms with van der Waals surface area (Å²) in [5, 5.41) is 0.0277.